The van der Waals surface area contributed by atoms with Crippen molar-refractivity contribution < 1.29 is 4.42 Å². The van der Waals surface area contributed by atoms with E-state index in [4.69, 9.17) is 10.2 Å². The Labute approximate surface area is 82.9 Å². The summed E-state index contributed by atoms with van der Waals surface area (Å²) in [7, 11) is 0. The summed E-state index contributed by atoms with van der Waals surface area (Å²) >= 11 is 0. The Morgan fingerprint density at radius 2 is 2.29 bits per heavy atom. The Hall–Kier alpha value is -0.870. The van der Waals surface area contributed by atoms with Crippen LogP contribution in [-0.4, -0.2) is 18.1 Å². The quantitative estimate of drug-likeness (QED) is 0.633. The second-order valence-electron chi connectivity index (χ2n) is 4.43. The third-order valence-corrected chi connectivity index (χ3v) is 3.73. The minimum absolute atomic E-state index is 0.0575. The van der Waals surface area contributed by atoms with Crippen LogP contribution in [0.5, 0.6) is 0 Å². The highest BCUT2D eigenvalue weighted by atomic mass is 16.3. The molecule has 1 aromatic rings. The molecule has 2 heterocycles. The van der Waals surface area contributed by atoms with Crippen LogP contribution in [0.15, 0.2) is 10.8 Å². The van der Waals surface area contributed by atoms with E-state index in [2.05, 4.69) is 10.3 Å². The van der Waals surface area contributed by atoms with E-state index in [0.717, 1.165) is 43.8 Å². The van der Waals surface area contributed by atoms with Gasteiger partial charge in [0, 0.05) is 11.8 Å². The summed E-state index contributed by atoms with van der Waals surface area (Å²) in [6, 6.07) is 0.0575. The molecule has 1 atom stereocenters. The highest BCUT2D eigenvalue weighted by molar-refractivity contribution is 5.25. The molecule has 1 aromatic heterocycles. The van der Waals surface area contributed by atoms with E-state index in [1.54, 1.807) is 0 Å². The molecule has 0 aromatic carbocycles. The van der Waals surface area contributed by atoms with E-state index in [1.807, 2.05) is 0 Å². The first-order valence-corrected chi connectivity index (χ1v) is 5.20. The number of rotatable bonds is 0. The number of hydrogen-bond acceptors (Lipinski definition) is 4. The molecule has 2 aliphatic rings. The molecule has 14 heavy (non-hydrogen) atoms. The summed E-state index contributed by atoms with van der Waals surface area (Å²) in [6.45, 7) is 2.13. The predicted molar refractivity (Wildman–Crippen MR) is 51.7 cm³/mol. The Kier molecular flexibility index (Phi) is 1.69. The Morgan fingerprint density at radius 3 is 3.00 bits per heavy atom. The first-order valence-electron chi connectivity index (χ1n) is 5.20. The molecule has 0 bridgehead atoms. The molecule has 76 valence electrons. The molecule has 4 nitrogen and oxygen atoms in total. The van der Waals surface area contributed by atoms with Crippen molar-refractivity contribution in [1.29, 1.82) is 0 Å². The Morgan fingerprint density at radius 1 is 1.50 bits per heavy atom. The van der Waals surface area contributed by atoms with Gasteiger partial charge in [-0.15, -0.1) is 0 Å². The van der Waals surface area contributed by atoms with Gasteiger partial charge in [-0.05, 0) is 25.9 Å². The third-order valence-electron chi connectivity index (χ3n) is 3.73. The van der Waals surface area contributed by atoms with Crippen LogP contribution in [0.2, 0.25) is 0 Å². The second kappa shape index (κ2) is 2.81. The Bertz CT molecular complexity index is 341. The topological polar surface area (TPSA) is 64.1 Å². The molecule has 1 fully saturated rings. The fourth-order valence-electron chi connectivity index (χ4n) is 2.80. The number of nitrogens with zero attached hydrogens (tertiary/aromatic N) is 1. The van der Waals surface area contributed by atoms with Gasteiger partial charge in [-0.2, -0.15) is 0 Å². The van der Waals surface area contributed by atoms with E-state index in [1.165, 1.54) is 6.39 Å². The standard InChI is InChI=1S/C10H15N3O/c11-9-8-7(13-6-14-8)5-10(9)1-3-12-4-2-10/h6,9,12H,1-5,11H2/t9-/m1/s1. The highest BCUT2D eigenvalue weighted by Gasteiger charge is 2.47. The normalized spacial score (nSPS) is 29.4. The maximum absolute atomic E-state index is 6.24. The van der Waals surface area contributed by atoms with Crippen molar-refractivity contribution in [2.45, 2.75) is 25.3 Å². The minimum Gasteiger partial charge on any atom is -0.447 e. The van der Waals surface area contributed by atoms with Crippen molar-refractivity contribution in [2.24, 2.45) is 11.1 Å². The van der Waals surface area contributed by atoms with Gasteiger partial charge >= 0.3 is 0 Å². The van der Waals surface area contributed by atoms with Crippen LogP contribution in [0.3, 0.4) is 0 Å². The van der Waals surface area contributed by atoms with Crippen molar-refractivity contribution >= 4 is 0 Å². The molecule has 4 heteroatoms. The first kappa shape index (κ1) is 8.44. The molecule has 1 aliphatic carbocycles. The fraction of sp³-hybridized carbons (Fsp3) is 0.700. The van der Waals surface area contributed by atoms with E-state index in [0.29, 0.717) is 0 Å². The lowest BCUT2D eigenvalue weighted by Crippen LogP contribution is -2.42. The molecular weight excluding hydrogens is 178 g/mol. The van der Waals surface area contributed by atoms with Crippen molar-refractivity contribution in [2.75, 3.05) is 13.1 Å². The van der Waals surface area contributed by atoms with Gasteiger partial charge in [-0.1, -0.05) is 0 Å². The first-order chi connectivity index (χ1) is 6.82. The number of hydrogen-bond donors (Lipinski definition) is 2. The van der Waals surface area contributed by atoms with Crippen LogP contribution < -0.4 is 11.1 Å². The average molecular weight is 193 g/mol. The van der Waals surface area contributed by atoms with Crippen molar-refractivity contribution in [3.8, 4) is 0 Å². The summed E-state index contributed by atoms with van der Waals surface area (Å²) in [5.41, 5.74) is 7.55. The highest BCUT2D eigenvalue weighted by Crippen LogP contribution is 2.49. The summed E-state index contributed by atoms with van der Waals surface area (Å²) in [5.74, 6) is 0.923. The maximum atomic E-state index is 6.24. The number of aromatic nitrogens is 1. The number of oxazole rings is 1. The summed E-state index contributed by atoms with van der Waals surface area (Å²) < 4.78 is 5.36. The molecule has 1 aliphatic heterocycles. The van der Waals surface area contributed by atoms with Gasteiger partial charge in [0.25, 0.3) is 0 Å². The summed E-state index contributed by atoms with van der Waals surface area (Å²) in [5, 5.41) is 3.37. The molecule has 1 spiro atoms. The van der Waals surface area contributed by atoms with Gasteiger partial charge in [0.2, 0.25) is 0 Å². The number of nitrogens with two attached hydrogens (primary N) is 1. The molecular formula is C10H15N3O. The van der Waals surface area contributed by atoms with Gasteiger partial charge in [0.15, 0.2) is 6.39 Å². The lowest BCUT2D eigenvalue weighted by atomic mass is 9.74. The van der Waals surface area contributed by atoms with Crippen LogP contribution in [0, 0.1) is 5.41 Å². The van der Waals surface area contributed by atoms with Crippen molar-refractivity contribution in [1.82, 2.24) is 10.3 Å². The number of nitrogens with one attached hydrogen (secondary N) is 1. The van der Waals surface area contributed by atoms with Crippen LogP contribution in [0.1, 0.15) is 30.3 Å². The number of fused-ring (bicyclic) bond motifs is 1. The van der Waals surface area contributed by atoms with Crippen LogP contribution in [0.4, 0.5) is 0 Å². The van der Waals surface area contributed by atoms with Gasteiger partial charge in [-0.25, -0.2) is 4.98 Å². The van der Waals surface area contributed by atoms with E-state index < -0.39 is 0 Å². The van der Waals surface area contributed by atoms with Gasteiger partial charge in [-0.3, -0.25) is 0 Å². The lowest BCUT2D eigenvalue weighted by Gasteiger charge is -2.36. The summed E-state index contributed by atoms with van der Waals surface area (Å²) in [4.78, 5) is 4.23. The Balaban J connectivity index is 1.94. The number of piperidine rings is 1. The van der Waals surface area contributed by atoms with Gasteiger partial charge < -0.3 is 15.5 Å². The predicted octanol–water partition coefficient (Wildman–Crippen LogP) is 0.600. The minimum atomic E-state index is 0.0575. The molecule has 3 N–H and O–H groups in total. The van der Waals surface area contributed by atoms with Crippen LogP contribution >= 0.6 is 0 Å². The van der Waals surface area contributed by atoms with E-state index in [-0.39, 0.29) is 11.5 Å². The van der Waals surface area contributed by atoms with E-state index >= 15 is 0 Å². The molecule has 0 amide bonds. The average Bonchev–Trinajstić information content (AvgIpc) is 2.73. The lowest BCUT2D eigenvalue weighted by molar-refractivity contribution is 0.161. The monoisotopic (exact) mass is 193 g/mol. The zero-order valence-corrected chi connectivity index (χ0v) is 8.12. The zero-order valence-electron chi connectivity index (χ0n) is 8.12. The van der Waals surface area contributed by atoms with Crippen LogP contribution in [0.25, 0.3) is 0 Å². The molecule has 0 unspecified atom stereocenters. The zero-order chi connectivity index (χ0) is 9.60. The maximum Gasteiger partial charge on any atom is 0.181 e. The largest absolute Gasteiger partial charge is 0.447 e. The second-order valence-corrected chi connectivity index (χ2v) is 4.43. The van der Waals surface area contributed by atoms with Gasteiger partial charge in [0.05, 0.1) is 11.7 Å². The summed E-state index contributed by atoms with van der Waals surface area (Å²) in [6.07, 6.45) is 4.79. The van der Waals surface area contributed by atoms with Crippen molar-refractivity contribution in [3.05, 3.63) is 17.8 Å². The fourth-order valence-corrected chi connectivity index (χ4v) is 2.80. The third kappa shape index (κ3) is 0.980. The van der Waals surface area contributed by atoms with E-state index in [9.17, 15) is 0 Å². The van der Waals surface area contributed by atoms with Crippen molar-refractivity contribution in [3.63, 3.8) is 0 Å². The molecule has 0 saturated carbocycles. The smallest absolute Gasteiger partial charge is 0.181 e. The molecule has 0 radical (unpaired) electrons. The SMILES string of the molecule is N[C@@H]1c2ocnc2CC12CCNCC2. The van der Waals surface area contributed by atoms with Gasteiger partial charge in [0.1, 0.15) is 5.76 Å². The molecule has 3 rings (SSSR count). The van der Waals surface area contributed by atoms with Crippen LogP contribution in [-0.2, 0) is 6.42 Å². The molecule has 1 saturated heterocycles.